The van der Waals surface area contributed by atoms with E-state index in [0.717, 1.165) is 32.2 Å². The van der Waals surface area contributed by atoms with Gasteiger partial charge in [0.25, 0.3) is 0 Å². The normalized spacial score (nSPS) is 22.5. The van der Waals surface area contributed by atoms with Gasteiger partial charge in [0.2, 0.25) is 0 Å². The van der Waals surface area contributed by atoms with Crippen LogP contribution in [0.5, 0.6) is 0 Å². The van der Waals surface area contributed by atoms with E-state index in [9.17, 15) is 4.79 Å². The van der Waals surface area contributed by atoms with Crippen molar-refractivity contribution in [2.45, 2.75) is 25.7 Å². The van der Waals surface area contributed by atoms with Gasteiger partial charge in [-0.25, -0.2) is 9.78 Å². The maximum atomic E-state index is 10.8. The SMILES string of the molecule is N#CC1CCC(CNc2cccc(C(=O)O)n2)CC1. The van der Waals surface area contributed by atoms with Gasteiger partial charge < -0.3 is 10.4 Å². The topological polar surface area (TPSA) is 86.0 Å². The number of aromatic nitrogens is 1. The molecule has 1 aliphatic carbocycles. The van der Waals surface area contributed by atoms with Gasteiger partial charge in [0.15, 0.2) is 5.69 Å². The molecule has 0 bridgehead atoms. The predicted molar refractivity (Wildman–Crippen MR) is 70.7 cm³/mol. The summed E-state index contributed by atoms with van der Waals surface area (Å²) in [7, 11) is 0. The van der Waals surface area contributed by atoms with E-state index in [-0.39, 0.29) is 11.6 Å². The first-order valence-corrected chi connectivity index (χ1v) is 6.53. The molecule has 2 N–H and O–H groups in total. The maximum Gasteiger partial charge on any atom is 0.354 e. The second-order valence-electron chi connectivity index (χ2n) is 4.94. The van der Waals surface area contributed by atoms with Crippen molar-refractivity contribution < 1.29 is 9.90 Å². The maximum absolute atomic E-state index is 10.8. The van der Waals surface area contributed by atoms with E-state index in [0.29, 0.717) is 11.7 Å². The molecule has 1 saturated carbocycles. The van der Waals surface area contributed by atoms with E-state index >= 15 is 0 Å². The summed E-state index contributed by atoms with van der Waals surface area (Å²) in [6, 6.07) is 7.26. The monoisotopic (exact) mass is 259 g/mol. The molecule has 0 spiro atoms. The molecule has 1 fully saturated rings. The Kier molecular flexibility index (Phi) is 4.35. The minimum absolute atomic E-state index is 0.0539. The first kappa shape index (κ1) is 13.3. The van der Waals surface area contributed by atoms with E-state index in [2.05, 4.69) is 16.4 Å². The van der Waals surface area contributed by atoms with Crippen molar-refractivity contribution in [2.75, 3.05) is 11.9 Å². The molecule has 0 unspecified atom stereocenters. The number of pyridine rings is 1. The van der Waals surface area contributed by atoms with E-state index in [1.807, 2.05) is 0 Å². The van der Waals surface area contributed by atoms with Crippen molar-refractivity contribution in [3.05, 3.63) is 23.9 Å². The summed E-state index contributed by atoms with van der Waals surface area (Å²) in [6.07, 6.45) is 4.02. The van der Waals surface area contributed by atoms with Crippen molar-refractivity contribution in [3.8, 4) is 6.07 Å². The molecule has 1 heterocycles. The highest BCUT2D eigenvalue weighted by molar-refractivity contribution is 5.85. The molecular formula is C14H17N3O2. The van der Waals surface area contributed by atoms with Gasteiger partial charge in [0, 0.05) is 12.5 Å². The highest BCUT2D eigenvalue weighted by Gasteiger charge is 2.20. The predicted octanol–water partition coefficient (Wildman–Crippen LogP) is 2.52. The molecule has 5 heteroatoms. The number of hydrogen-bond acceptors (Lipinski definition) is 4. The van der Waals surface area contributed by atoms with Gasteiger partial charge in [-0.2, -0.15) is 5.26 Å². The lowest BCUT2D eigenvalue weighted by Crippen LogP contribution is -2.21. The van der Waals surface area contributed by atoms with Gasteiger partial charge >= 0.3 is 5.97 Å². The minimum Gasteiger partial charge on any atom is -0.477 e. The fourth-order valence-corrected chi connectivity index (χ4v) is 2.40. The van der Waals surface area contributed by atoms with E-state index in [4.69, 9.17) is 10.4 Å². The number of rotatable bonds is 4. The second kappa shape index (κ2) is 6.19. The van der Waals surface area contributed by atoms with Crippen LogP contribution < -0.4 is 5.32 Å². The third-order valence-corrected chi connectivity index (χ3v) is 3.57. The molecule has 1 aromatic heterocycles. The summed E-state index contributed by atoms with van der Waals surface area (Å²) in [4.78, 5) is 14.8. The quantitative estimate of drug-likeness (QED) is 0.867. The Hall–Kier alpha value is -2.09. The zero-order valence-corrected chi connectivity index (χ0v) is 10.7. The van der Waals surface area contributed by atoms with Crippen LogP contribution in [0.25, 0.3) is 0 Å². The van der Waals surface area contributed by atoms with Crippen LogP contribution in [0.1, 0.15) is 36.2 Å². The van der Waals surface area contributed by atoms with Crippen molar-refractivity contribution >= 4 is 11.8 Å². The Morgan fingerprint density at radius 1 is 1.42 bits per heavy atom. The molecule has 5 nitrogen and oxygen atoms in total. The molecule has 2 rings (SSSR count). The van der Waals surface area contributed by atoms with Gasteiger partial charge in [0.1, 0.15) is 5.82 Å². The Morgan fingerprint density at radius 2 is 2.16 bits per heavy atom. The number of carboxylic acid groups (broad SMARTS) is 1. The summed E-state index contributed by atoms with van der Waals surface area (Å²) in [5.74, 6) is 0.338. The van der Waals surface area contributed by atoms with Crippen LogP contribution in [0.4, 0.5) is 5.82 Å². The smallest absolute Gasteiger partial charge is 0.354 e. The van der Waals surface area contributed by atoms with E-state index in [1.54, 1.807) is 12.1 Å². The van der Waals surface area contributed by atoms with Gasteiger partial charge in [0.05, 0.1) is 6.07 Å². The van der Waals surface area contributed by atoms with Gasteiger partial charge in [-0.05, 0) is 43.7 Å². The van der Waals surface area contributed by atoms with E-state index in [1.165, 1.54) is 6.07 Å². The third kappa shape index (κ3) is 3.68. The minimum atomic E-state index is -1.02. The van der Waals surface area contributed by atoms with Crippen LogP contribution >= 0.6 is 0 Å². The Bertz CT molecular complexity index is 488. The van der Waals surface area contributed by atoms with Crippen LogP contribution in [-0.4, -0.2) is 22.6 Å². The lowest BCUT2D eigenvalue weighted by Gasteiger charge is -2.25. The average molecular weight is 259 g/mol. The summed E-state index contributed by atoms with van der Waals surface area (Å²) >= 11 is 0. The Balaban J connectivity index is 1.84. The molecule has 100 valence electrons. The molecule has 0 amide bonds. The van der Waals surface area contributed by atoms with Crippen molar-refractivity contribution in [3.63, 3.8) is 0 Å². The fraction of sp³-hybridized carbons (Fsp3) is 0.500. The first-order valence-electron chi connectivity index (χ1n) is 6.53. The van der Waals surface area contributed by atoms with Crippen LogP contribution in [-0.2, 0) is 0 Å². The van der Waals surface area contributed by atoms with Gasteiger partial charge in [-0.3, -0.25) is 0 Å². The number of nitrogens with zero attached hydrogens (tertiary/aromatic N) is 2. The molecule has 1 aromatic rings. The number of hydrogen-bond donors (Lipinski definition) is 2. The Labute approximate surface area is 112 Å². The molecule has 0 atom stereocenters. The van der Waals surface area contributed by atoms with Crippen molar-refractivity contribution in [1.82, 2.24) is 4.98 Å². The first-order chi connectivity index (χ1) is 9.19. The number of nitrogens with one attached hydrogen (secondary N) is 1. The number of anilines is 1. The largest absolute Gasteiger partial charge is 0.477 e. The van der Waals surface area contributed by atoms with Gasteiger partial charge in [-0.1, -0.05) is 6.07 Å². The molecule has 0 aliphatic heterocycles. The molecule has 19 heavy (non-hydrogen) atoms. The summed E-state index contributed by atoms with van der Waals surface area (Å²) < 4.78 is 0. The van der Waals surface area contributed by atoms with Gasteiger partial charge in [-0.15, -0.1) is 0 Å². The highest BCUT2D eigenvalue weighted by Crippen LogP contribution is 2.28. The molecule has 0 saturated heterocycles. The van der Waals surface area contributed by atoms with Crippen LogP contribution in [0.2, 0.25) is 0 Å². The van der Waals surface area contributed by atoms with Crippen LogP contribution in [0, 0.1) is 23.2 Å². The van der Waals surface area contributed by atoms with Crippen molar-refractivity contribution in [1.29, 1.82) is 5.26 Å². The van der Waals surface area contributed by atoms with Crippen molar-refractivity contribution in [2.24, 2.45) is 11.8 Å². The lowest BCUT2D eigenvalue weighted by molar-refractivity contribution is 0.0690. The number of carbonyl (C=O) groups is 1. The second-order valence-corrected chi connectivity index (χ2v) is 4.94. The summed E-state index contributed by atoms with van der Waals surface area (Å²) in [5.41, 5.74) is 0.0539. The zero-order valence-electron chi connectivity index (χ0n) is 10.7. The lowest BCUT2D eigenvalue weighted by atomic mass is 9.83. The molecule has 0 aromatic carbocycles. The number of aromatic carboxylic acids is 1. The molecular weight excluding hydrogens is 242 g/mol. The summed E-state index contributed by atoms with van der Waals surface area (Å²) in [5, 5.41) is 20.9. The molecule has 0 radical (unpaired) electrons. The summed E-state index contributed by atoms with van der Waals surface area (Å²) in [6.45, 7) is 0.786. The van der Waals surface area contributed by atoms with Crippen LogP contribution in [0.15, 0.2) is 18.2 Å². The third-order valence-electron chi connectivity index (χ3n) is 3.57. The Morgan fingerprint density at radius 3 is 2.79 bits per heavy atom. The standard InChI is InChI=1S/C14H17N3O2/c15-8-10-4-6-11(7-5-10)9-16-13-3-1-2-12(17-13)14(18)19/h1-3,10-11H,4-7,9H2,(H,16,17)(H,18,19). The zero-order chi connectivity index (χ0) is 13.7. The van der Waals surface area contributed by atoms with E-state index < -0.39 is 5.97 Å². The fourth-order valence-electron chi connectivity index (χ4n) is 2.40. The average Bonchev–Trinajstić information content (AvgIpc) is 2.46. The number of nitriles is 1. The van der Waals surface area contributed by atoms with Crippen LogP contribution in [0.3, 0.4) is 0 Å². The molecule has 1 aliphatic rings. The highest BCUT2D eigenvalue weighted by atomic mass is 16.4. The number of carboxylic acids is 1.